The Kier molecular flexibility index (Phi) is 4.33. The van der Waals surface area contributed by atoms with Gasteiger partial charge in [0.15, 0.2) is 5.65 Å². The van der Waals surface area contributed by atoms with Crippen molar-refractivity contribution in [2.45, 2.75) is 32.7 Å². The van der Waals surface area contributed by atoms with Crippen molar-refractivity contribution in [1.29, 1.82) is 0 Å². The topological polar surface area (TPSA) is 70.1 Å². The molecule has 1 N–H and O–H groups in total. The molecule has 0 aromatic carbocycles. The fourth-order valence-electron chi connectivity index (χ4n) is 2.95. The maximum atomic E-state index is 12.4. The third-order valence-corrected chi connectivity index (χ3v) is 4.31. The number of terminal acetylenes is 1. The highest BCUT2D eigenvalue weighted by Crippen LogP contribution is 2.20. The molecule has 1 aliphatic heterocycles. The first-order valence-corrected chi connectivity index (χ1v) is 8.29. The van der Waals surface area contributed by atoms with Crippen LogP contribution in [-0.4, -0.2) is 57.4 Å². The summed E-state index contributed by atoms with van der Waals surface area (Å²) in [4.78, 5) is 24.4. The molecule has 1 aliphatic rings. The second-order valence-electron chi connectivity index (χ2n) is 7.14. The van der Waals surface area contributed by atoms with E-state index in [9.17, 15) is 4.79 Å². The molecule has 1 saturated heterocycles. The Balaban J connectivity index is 1.86. The molecule has 2 aromatic heterocycles. The predicted molar refractivity (Wildman–Crippen MR) is 95.2 cm³/mol. The lowest BCUT2D eigenvalue weighted by Crippen LogP contribution is -2.47. The van der Waals surface area contributed by atoms with Crippen molar-refractivity contribution in [2.24, 2.45) is 0 Å². The van der Waals surface area contributed by atoms with Crippen molar-refractivity contribution in [3.63, 3.8) is 0 Å². The lowest BCUT2D eigenvalue weighted by atomic mass is 10.1. The third-order valence-electron chi connectivity index (χ3n) is 4.31. The van der Waals surface area contributed by atoms with Crippen molar-refractivity contribution in [3.8, 4) is 12.3 Å². The lowest BCUT2D eigenvalue weighted by Gasteiger charge is -2.34. The van der Waals surface area contributed by atoms with Gasteiger partial charge in [-0.05, 0) is 20.8 Å². The maximum Gasteiger partial charge on any atom is 0.263 e. The van der Waals surface area contributed by atoms with Gasteiger partial charge in [-0.3, -0.25) is 14.7 Å². The zero-order valence-corrected chi connectivity index (χ0v) is 14.5. The van der Waals surface area contributed by atoms with Gasteiger partial charge in [-0.1, -0.05) is 0 Å². The molecule has 7 nitrogen and oxygen atoms in total. The zero-order chi connectivity index (χ0) is 17.3. The average Bonchev–Trinajstić information content (AvgIpc) is 2.98. The molecule has 7 heteroatoms. The molecular formula is C17H24N6O. The van der Waals surface area contributed by atoms with Crippen molar-refractivity contribution in [3.05, 3.63) is 16.6 Å². The first kappa shape index (κ1) is 16.5. The Labute approximate surface area is 141 Å². The SMILES string of the molecule is C#CCCN1CCN(c2nc3c(cnn3C(C)(C)C)c(=O)[nH]2)CC1. The van der Waals surface area contributed by atoms with Gasteiger partial charge in [-0.2, -0.15) is 10.1 Å². The number of aromatic amines is 1. The number of aromatic nitrogens is 4. The monoisotopic (exact) mass is 328 g/mol. The molecule has 0 spiro atoms. The van der Waals surface area contributed by atoms with Gasteiger partial charge in [0.1, 0.15) is 5.39 Å². The molecule has 1 fully saturated rings. The Bertz CT molecular complexity index is 814. The Morgan fingerprint density at radius 1 is 1.29 bits per heavy atom. The minimum absolute atomic E-state index is 0.139. The fourth-order valence-corrected chi connectivity index (χ4v) is 2.95. The van der Waals surface area contributed by atoms with Crippen LogP contribution in [0.5, 0.6) is 0 Å². The van der Waals surface area contributed by atoms with Crippen LogP contribution in [0.15, 0.2) is 11.0 Å². The molecule has 0 atom stereocenters. The number of nitrogens with zero attached hydrogens (tertiary/aromatic N) is 5. The van der Waals surface area contributed by atoms with Crippen molar-refractivity contribution < 1.29 is 0 Å². The van der Waals surface area contributed by atoms with E-state index in [1.165, 1.54) is 0 Å². The van der Waals surface area contributed by atoms with Gasteiger partial charge >= 0.3 is 0 Å². The second-order valence-corrected chi connectivity index (χ2v) is 7.14. The quantitative estimate of drug-likeness (QED) is 0.852. The van der Waals surface area contributed by atoms with E-state index in [1.54, 1.807) is 6.20 Å². The largest absolute Gasteiger partial charge is 0.340 e. The van der Waals surface area contributed by atoms with E-state index in [0.29, 0.717) is 17.0 Å². The lowest BCUT2D eigenvalue weighted by molar-refractivity contribution is 0.262. The van der Waals surface area contributed by atoms with Crippen LogP contribution >= 0.6 is 0 Å². The summed E-state index contributed by atoms with van der Waals surface area (Å²) < 4.78 is 1.81. The second kappa shape index (κ2) is 6.29. The van der Waals surface area contributed by atoms with Gasteiger partial charge in [0, 0.05) is 39.1 Å². The summed E-state index contributed by atoms with van der Waals surface area (Å²) in [5, 5.41) is 4.88. The highest BCUT2D eigenvalue weighted by Gasteiger charge is 2.23. The summed E-state index contributed by atoms with van der Waals surface area (Å²) in [5.41, 5.74) is 0.268. The number of hydrogen-bond acceptors (Lipinski definition) is 5. The number of piperazine rings is 1. The van der Waals surface area contributed by atoms with E-state index >= 15 is 0 Å². The van der Waals surface area contributed by atoms with E-state index in [-0.39, 0.29) is 11.1 Å². The first-order chi connectivity index (χ1) is 11.4. The fraction of sp³-hybridized carbons (Fsp3) is 0.588. The van der Waals surface area contributed by atoms with Crippen molar-refractivity contribution in [2.75, 3.05) is 37.6 Å². The number of hydrogen-bond donors (Lipinski definition) is 1. The predicted octanol–water partition coefficient (Wildman–Crippen LogP) is 1.02. The molecule has 24 heavy (non-hydrogen) atoms. The minimum Gasteiger partial charge on any atom is -0.340 e. The molecule has 0 aliphatic carbocycles. The Hall–Kier alpha value is -2.33. The van der Waals surface area contributed by atoms with Gasteiger partial charge in [0.25, 0.3) is 5.56 Å². The molecule has 0 bridgehead atoms. The van der Waals surface area contributed by atoms with Gasteiger partial charge < -0.3 is 4.90 Å². The summed E-state index contributed by atoms with van der Waals surface area (Å²) in [5.74, 6) is 3.30. The Morgan fingerprint density at radius 3 is 2.62 bits per heavy atom. The van der Waals surface area contributed by atoms with E-state index < -0.39 is 0 Å². The molecule has 0 amide bonds. The summed E-state index contributed by atoms with van der Waals surface area (Å²) in [6, 6.07) is 0. The number of nitrogens with one attached hydrogen (secondary N) is 1. The van der Waals surface area contributed by atoms with Crippen LogP contribution in [0.4, 0.5) is 5.95 Å². The standard InChI is InChI=1S/C17H24N6O/c1-5-6-7-21-8-10-22(11-9-21)16-19-14-13(15(24)20-16)12-18-23(14)17(2,3)4/h1,12H,6-11H2,2-4H3,(H,19,20,24). The molecule has 3 heterocycles. The maximum absolute atomic E-state index is 12.4. The summed E-state index contributed by atoms with van der Waals surface area (Å²) >= 11 is 0. The van der Waals surface area contributed by atoms with Gasteiger partial charge in [-0.25, -0.2) is 4.68 Å². The van der Waals surface area contributed by atoms with Crippen LogP contribution in [0.3, 0.4) is 0 Å². The summed E-state index contributed by atoms with van der Waals surface area (Å²) in [7, 11) is 0. The molecule has 3 rings (SSSR count). The molecule has 0 radical (unpaired) electrons. The first-order valence-electron chi connectivity index (χ1n) is 8.29. The van der Waals surface area contributed by atoms with Crippen LogP contribution in [0.1, 0.15) is 27.2 Å². The summed E-state index contributed by atoms with van der Waals surface area (Å²) in [6.07, 6.45) is 7.69. The van der Waals surface area contributed by atoms with E-state index in [0.717, 1.165) is 39.1 Å². The van der Waals surface area contributed by atoms with Crippen LogP contribution in [0.2, 0.25) is 0 Å². The molecule has 2 aromatic rings. The van der Waals surface area contributed by atoms with E-state index in [2.05, 4.69) is 25.8 Å². The zero-order valence-electron chi connectivity index (χ0n) is 14.5. The van der Waals surface area contributed by atoms with Gasteiger partial charge in [0.05, 0.1) is 11.7 Å². The number of H-pyrrole nitrogens is 1. The van der Waals surface area contributed by atoms with Crippen LogP contribution in [0, 0.1) is 12.3 Å². The summed E-state index contributed by atoms with van der Waals surface area (Å²) in [6.45, 7) is 10.5. The van der Waals surface area contributed by atoms with E-state index in [4.69, 9.17) is 11.4 Å². The molecular weight excluding hydrogens is 304 g/mol. The highest BCUT2D eigenvalue weighted by atomic mass is 16.1. The number of fused-ring (bicyclic) bond motifs is 1. The normalized spacial score (nSPS) is 16.5. The van der Waals surface area contributed by atoms with E-state index in [1.807, 2.05) is 25.5 Å². The average molecular weight is 328 g/mol. The smallest absolute Gasteiger partial charge is 0.263 e. The molecule has 0 saturated carbocycles. The minimum atomic E-state index is -0.228. The highest BCUT2D eigenvalue weighted by molar-refractivity contribution is 5.74. The van der Waals surface area contributed by atoms with Crippen molar-refractivity contribution >= 4 is 17.0 Å². The third kappa shape index (κ3) is 3.15. The van der Waals surface area contributed by atoms with Crippen LogP contribution < -0.4 is 10.5 Å². The Morgan fingerprint density at radius 2 is 2.00 bits per heavy atom. The number of rotatable bonds is 3. The van der Waals surface area contributed by atoms with Gasteiger partial charge in [0.2, 0.25) is 5.95 Å². The van der Waals surface area contributed by atoms with Gasteiger partial charge in [-0.15, -0.1) is 12.3 Å². The molecule has 128 valence electrons. The number of anilines is 1. The van der Waals surface area contributed by atoms with Crippen molar-refractivity contribution in [1.82, 2.24) is 24.6 Å². The molecule has 0 unspecified atom stereocenters. The van der Waals surface area contributed by atoms with Crippen LogP contribution in [0.25, 0.3) is 11.0 Å². The van der Waals surface area contributed by atoms with Crippen LogP contribution in [-0.2, 0) is 5.54 Å².